The molecule has 0 saturated heterocycles. The first-order chi connectivity index (χ1) is 9.38. The van der Waals surface area contributed by atoms with Crippen molar-refractivity contribution in [3.05, 3.63) is 35.6 Å². The van der Waals surface area contributed by atoms with Gasteiger partial charge in [0.2, 0.25) is 5.88 Å². The van der Waals surface area contributed by atoms with Gasteiger partial charge in [-0.1, -0.05) is 19.1 Å². The lowest BCUT2D eigenvalue weighted by atomic mass is 10.0. The lowest BCUT2D eigenvalue weighted by molar-refractivity contribution is -0.137. The molecule has 3 nitrogen and oxygen atoms in total. The quantitative estimate of drug-likeness (QED) is 0.885. The summed E-state index contributed by atoms with van der Waals surface area (Å²) in [6, 6.07) is 4.78. The average molecular weight is 285 g/mol. The van der Waals surface area contributed by atoms with Gasteiger partial charge in [0.25, 0.3) is 0 Å². The first kappa shape index (κ1) is 14.3. The summed E-state index contributed by atoms with van der Waals surface area (Å²) in [6.45, 7) is 1.79. The van der Waals surface area contributed by atoms with Crippen molar-refractivity contribution in [2.45, 2.75) is 19.5 Å². The molecule has 0 aliphatic heterocycles. The average Bonchev–Trinajstić information content (AvgIpc) is 2.74. The number of aromatic hydroxyl groups is 1. The second-order valence-electron chi connectivity index (χ2n) is 4.26. The zero-order chi connectivity index (χ0) is 14.9. The van der Waals surface area contributed by atoms with E-state index in [4.69, 9.17) is 4.42 Å². The Kier molecular flexibility index (Phi) is 3.65. The highest BCUT2D eigenvalue weighted by Gasteiger charge is 2.31. The third-order valence-corrected chi connectivity index (χ3v) is 2.98. The monoisotopic (exact) mass is 285 g/mol. The van der Waals surface area contributed by atoms with E-state index in [0.717, 1.165) is 12.1 Å². The minimum absolute atomic E-state index is 0.129. The van der Waals surface area contributed by atoms with Gasteiger partial charge in [-0.2, -0.15) is 13.2 Å². The lowest BCUT2D eigenvalue weighted by Gasteiger charge is -2.09. The van der Waals surface area contributed by atoms with Crippen LogP contribution < -0.4 is 5.32 Å². The Balaban J connectivity index is 2.60. The van der Waals surface area contributed by atoms with Crippen LogP contribution in [-0.4, -0.2) is 12.2 Å². The maximum atomic E-state index is 12.7. The van der Waals surface area contributed by atoms with Gasteiger partial charge >= 0.3 is 6.18 Å². The zero-order valence-corrected chi connectivity index (χ0v) is 11.0. The molecule has 0 unspecified atom stereocenters. The molecule has 2 N–H and O–H groups in total. The van der Waals surface area contributed by atoms with Crippen LogP contribution >= 0.6 is 0 Å². The maximum absolute atomic E-state index is 12.7. The van der Waals surface area contributed by atoms with Crippen LogP contribution in [0.5, 0.6) is 5.75 Å². The minimum atomic E-state index is -4.43. The molecule has 0 aliphatic rings. The van der Waals surface area contributed by atoms with Crippen molar-refractivity contribution in [3.8, 4) is 16.9 Å². The first-order valence-corrected chi connectivity index (χ1v) is 6.08. The third kappa shape index (κ3) is 2.45. The van der Waals surface area contributed by atoms with E-state index in [-0.39, 0.29) is 22.8 Å². The van der Waals surface area contributed by atoms with E-state index >= 15 is 0 Å². The Labute approximate surface area is 114 Å². The Morgan fingerprint density at radius 3 is 2.55 bits per heavy atom. The van der Waals surface area contributed by atoms with Gasteiger partial charge in [-0.15, -0.1) is 0 Å². The van der Waals surface area contributed by atoms with E-state index in [1.165, 1.54) is 12.1 Å². The number of nitrogens with one attached hydrogen (secondary N) is 1. The number of hydrogen-bond donors (Lipinski definition) is 2. The van der Waals surface area contributed by atoms with Crippen molar-refractivity contribution in [1.82, 2.24) is 0 Å². The summed E-state index contributed by atoms with van der Waals surface area (Å²) in [5.74, 6) is 0.455. The van der Waals surface area contributed by atoms with Crippen molar-refractivity contribution in [3.63, 3.8) is 0 Å². The van der Waals surface area contributed by atoms with Gasteiger partial charge in [0.15, 0.2) is 5.75 Å². The van der Waals surface area contributed by atoms with Gasteiger partial charge in [0.05, 0.1) is 11.1 Å². The van der Waals surface area contributed by atoms with Crippen molar-refractivity contribution in [2.75, 3.05) is 12.4 Å². The third-order valence-electron chi connectivity index (χ3n) is 2.98. The number of aryl methyl sites for hydroxylation is 1. The Morgan fingerprint density at radius 1 is 1.30 bits per heavy atom. The summed E-state index contributed by atoms with van der Waals surface area (Å²) < 4.78 is 43.6. The summed E-state index contributed by atoms with van der Waals surface area (Å²) in [5, 5.41) is 12.8. The van der Waals surface area contributed by atoms with E-state index in [9.17, 15) is 18.3 Å². The number of rotatable bonds is 3. The maximum Gasteiger partial charge on any atom is 0.416 e. The van der Waals surface area contributed by atoms with Crippen LogP contribution in [0.4, 0.5) is 19.1 Å². The molecule has 2 aromatic rings. The van der Waals surface area contributed by atoms with Crippen molar-refractivity contribution >= 4 is 5.88 Å². The number of anilines is 1. The molecule has 1 heterocycles. The normalized spacial score (nSPS) is 11.7. The van der Waals surface area contributed by atoms with Crippen LogP contribution in [-0.2, 0) is 12.6 Å². The molecule has 20 heavy (non-hydrogen) atoms. The fraction of sp³-hybridized carbons (Fsp3) is 0.286. The van der Waals surface area contributed by atoms with Gasteiger partial charge in [0.1, 0.15) is 5.76 Å². The molecule has 2 rings (SSSR count). The van der Waals surface area contributed by atoms with E-state index in [2.05, 4.69) is 5.32 Å². The molecule has 0 amide bonds. The lowest BCUT2D eigenvalue weighted by Crippen LogP contribution is -2.04. The van der Waals surface area contributed by atoms with Crippen LogP contribution in [0.1, 0.15) is 18.2 Å². The minimum Gasteiger partial charge on any atom is -0.504 e. The molecule has 0 fully saturated rings. The molecule has 0 bridgehead atoms. The van der Waals surface area contributed by atoms with Gasteiger partial charge in [-0.05, 0) is 17.7 Å². The zero-order valence-electron chi connectivity index (χ0n) is 11.0. The summed E-state index contributed by atoms with van der Waals surface area (Å²) >= 11 is 0. The molecular formula is C14H14F3NO2. The molecule has 0 aliphatic carbocycles. The molecule has 1 aromatic carbocycles. The second kappa shape index (κ2) is 5.11. The van der Waals surface area contributed by atoms with E-state index in [0.29, 0.717) is 12.2 Å². The molecular weight excluding hydrogens is 271 g/mol. The van der Waals surface area contributed by atoms with Gasteiger partial charge in [-0.3, -0.25) is 0 Å². The van der Waals surface area contributed by atoms with Crippen LogP contribution in [0.15, 0.2) is 28.7 Å². The number of alkyl halides is 3. The van der Waals surface area contributed by atoms with E-state index < -0.39 is 11.7 Å². The van der Waals surface area contributed by atoms with Crippen LogP contribution in [0, 0.1) is 0 Å². The number of benzene rings is 1. The molecule has 0 radical (unpaired) electrons. The summed E-state index contributed by atoms with van der Waals surface area (Å²) in [4.78, 5) is 0. The van der Waals surface area contributed by atoms with Crippen molar-refractivity contribution in [1.29, 1.82) is 0 Å². The molecule has 6 heteroatoms. The van der Waals surface area contributed by atoms with Crippen molar-refractivity contribution < 1.29 is 22.7 Å². The molecule has 0 saturated carbocycles. The topological polar surface area (TPSA) is 45.4 Å². The second-order valence-corrected chi connectivity index (χ2v) is 4.26. The standard InChI is InChI=1S/C14H14F3NO2/c1-3-10-12(19)11(13(18-2)20-10)8-5-4-6-9(7-8)14(15,16)17/h4-7,18-19H,3H2,1-2H3. The van der Waals surface area contributed by atoms with Crippen LogP contribution in [0.2, 0.25) is 0 Å². The largest absolute Gasteiger partial charge is 0.504 e. The Morgan fingerprint density at radius 2 is 2.00 bits per heavy atom. The predicted molar refractivity (Wildman–Crippen MR) is 69.7 cm³/mol. The Bertz CT molecular complexity index is 617. The highest BCUT2D eigenvalue weighted by molar-refractivity contribution is 5.81. The van der Waals surface area contributed by atoms with E-state index in [1.54, 1.807) is 14.0 Å². The number of halogens is 3. The van der Waals surface area contributed by atoms with Gasteiger partial charge < -0.3 is 14.8 Å². The fourth-order valence-electron chi connectivity index (χ4n) is 2.00. The van der Waals surface area contributed by atoms with Gasteiger partial charge in [0, 0.05) is 13.5 Å². The summed E-state index contributed by atoms with van der Waals surface area (Å²) in [7, 11) is 1.58. The molecule has 108 valence electrons. The van der Waals surface area contributed by atoms with Crippen LogP contribution in [0.3, 0.4) is 0 Å². The fourth-order valence-corrected chi connectivity index (χ4v) is 2.00. The first-order valence-electron chi connectivity index (χ1n) is 6.08. The van der Waals surface area contributed by atoms with E-state index in [1.807, 2.05) is 0 Å². The van der Waals surface area contributed by atoms with Gasteiger partial charge in [-0.25, -0.2) is 0 Å². The summed E-state index contributed by atoms with van der Waals surface area (Å²) in [6.07, 6.45) is -3.98. The number of hydrogen-bond acceptors (Lipinski definition) is 3. The Hall–Kier alpha value is -2.11. The molecule has 0 spiro atoms. The predicted octanol–water partition coefficient (Wildman–Crippen LogP) is 4.28. The molecule has 1 aromatic heterocycles. The van der Waals surface area contributed by atoms with Crippen molar-refractivity contribution in [2.24, 2.45) is 0 Å². The van der Waals surface area contributed by atoms with Crippen LogP contribution in [0.25, 0.3) is 11.1 Å². The highest BCUT2D eigenvalue weighted by atomic mass is 19.4. The smallest absolute Gasteiger partial charge is 0.416 e. The SMILES string of the molecule is CCc1oc(NC)c(-c2cccc(C(F)(F)F)c2)c1O. The highest BCUT2D eigenvalue weighted by Crippen LogP contribution is 2.43. The summed E-state index contributed by atoms with van der Waals surface area (Å²) in [5.41, 5.74) is -0.267. The molecule has 0 atom stereocenters. The number of furan rings is 1.